The second-order valence-corrected chi connectivity index (χ2v) is 2.20. The topological polar surface area (TPSA) is 75.7 Å². The molecule has 0 radical (unpaired) electrons. The molecule has 1 rings (SSSR count). The Morgan fingerprint density at radius 1 is 1.67 bits per heavy atom. The molecule has 4 nitrogen and oxygen atoms in total. The van der Waals surface area contributed by atoms with E-state index in [1.807, 2.05) is 0 Å². The molecule has 3 atom stereocenters. The molecule has 0 aromatic rings. The van der Waals surface area contributed by atoms with Crippen molar-refractivity contribution in [2.24, 2.45) is 5.73 Å². The summed E-state index contributed by atoms with van der Waals surface area (Å²) in [5, 5.41) is 17.5. The van der Waals surface area contributed by atoms with E-state index < -0.39 is 18.4 Å². The maximum atomic E-state index is 8.99. The van der Waals surface area contributed by atoms with Crippen LogP contribution in [0.15, 0.2) is 0 Å². The molecular formula is C5H11NO3. The van der Waals surface area contributed by atoms with Crippen molar-refractivity contribution in [1.82, 2.24) is 0 Å². The van der Waals surface area contributed by atoms with Crippen molar-refractivity contribution in [2.45, 2.75) is 24.9 Å². The lowest BCUT2D eigenvalue weighted by molar-refractivity contribution is -0.0200. The molecule has 1 aliphatic heterocycles. The first kappa shape index (κ1) is 6.95. The summed E-state index contributed by atoms with van der Waals surface area (Å²) in [7, 11) is 0. The number of nitrogens with two attached hydrogens (primary N) is 1. The van der Waals surface area contributed by atoms with Crippen LogP contribution in [0.2, 0.25) is 0 Å². The van der Waals surface area contributed by atoms with Gasteiger partial charge in [0.05, 0.1) is 12.7 Å². The van der Waals surface area contributed by atoms with E-state index in [0.29, 0.717) is 6.42 Å². The van der Waals surface area contributed by atoms with E-state index in [2.05, 4.69) is 0 Å². The first-order chi connectivity index (χ1) is 4.24. The van der Waals surface area contributed by atoms with Gasteiger partial charge in [-0.05, 0) is 0 Å². The first-order valence-electron chi connectivity index (χ1n) is 2.94. The van der Waals surface area contributed by atoms with Crippen molar-refractivity contribution in [3.8, 4) is 0 Å². The average molecular weight is 133 g/mol. The van der Waals surface area contributed by atoms with Crippen molar-refractivity contribution in [2.75, 3.05) is 6.61 Å². The molecule has 4 heteroatoms. The van der Waals surface area contributed by atoms with Gasteiger partial charge in [0.15, 0.2) is 0 Å². The van der Waals surface area contributed by atoms with Gasteiger partial charge in [-0.2, -0.15) is 0 Å². The van der Waals surface area contributed by atoms with Gasteiger partial charge in [0.25, 0.3) is 0 Å². The Morgan fingerprint density at radius 2 is 2.33 bits per heavy atom. The van der Waals surface area contributed by atoms with E-state index in [-0.39, 0.29) is 6.61 Å². The number of hydrogen-bond donors (Lipinski definition) is 3. The van der Waals surface area contributed by atoms with Gasteiger partial charge < -0.3 is 20.7 Å². The maximum Gasteiger partial charge on any atom is 0.109 e. The summed E-state index contributed by atoms with van der Waals surface area (Å²) in [6, 6.07) is 0. The van der Waals surface area contributed by atoms with Gasteiger partial charge in [-0.15, -0.1) is 0 Å². The van der Waals surface area contributed by atoms with Crippen LogP contribution in [0.3, 0.4) is 0 Å². The fourth-order valence-electron chi connectivity index (χ4n) is 0.925. The van der Waals surface area contributed by atoms with E-state index in [1.165, 1.54) is 0 Å². The molecule has 1 unspecified atom stereocenters. The zero-order chi connectivity index (χ0) is 6.85. The molecule has 1 saturated heterocycles. The van der Waals surface area contributed by atoms with Crippen LogP contribution in [0.4, 0.5) is 0 Å². The molecule has 1 heterocycles. The highest BCUT2D eigenvalue weighted by Crippen LogP contribution is 2.15. The monoisotopic (exact) mass is 133 g/mol. The highest BCUT2D eigenvalue weighted by molar-refractivity contribution is 4.77. The maximum absolute atomic E-state index is 8.99. The summed E-state index contributed by atoms with van der Waals surface area (Å²) >= 11 is 0. The lowest BCUT2D eigenvalue weighted by Crippen LogP contribution is -2.25. The van der Waals surface area contributed by atoms with Crippen LogP contribution in [0, 0.1) is 0 Å². The summed E-state index contributed by atoms with van der Waals surface area (Å²) < 4.78 is 4.90. The summed E-state index contributed by atoms with van der Waals surface area (Å²) in [4.78, 5) is 0. The minimum absolute atomic E-state index is 0.158. The Hall–Kier alpha value is -0.160. The number of ether oxygens (including phenoxy) is 1. The molecule has 1 fully saturated rings. The smallest absolute Gasteiger partial charge is 0.109 e. The fraction of sp³-hybridized carbons (Fsp3) is 1.00. The molecule has 0 aromatic carbocycles. The second kappa shape index (κ2) is 2.62. The molecule has 9 heavy (non-hydrogen) atoms. The van der Waals surface area contributed by atoms with E-state index in [9.17, 15) is 0 Å². The molecule has 0 spiro atoms. The van der Waals surface area contributed by atoms with Crippen molar-refractivity contribution in [3.05, 3.63) is 0 Å². The van der Waals surface area contributed by atoms with Crippen LogP contribution in [-0.2, 0) is 4.74 Å². The molecule has 1 aliphatic rings. The van der Waals surface area contributed by atoms with Crippen LogP contribution in [0.5, 0.6) is 0 Å². The number of aliphatic hydroxyl groups is 2. The molecular weight excluding hydrogens is 122 g/mol. The van der Waals surface area contributed by atoms with Crippen LogP contribution in [0.1, 0.15) is 6.42 Å². The lowest BCUT2D eigenvalue weighted by atomic mass is 10.2. The Bertz CT molecular complexity index is 98.2. The summed E-state index contributed by atoms with van der Waals surface area (Å²) in [6.45, 7) is -0.158. The molecule has 0 amide bonds. The highest BCUT2D eigenvalue weighted by Gasteiger charge is 2.30. The minimum atomic E-state index is -0.593. The lowest BCUT2D eigenvalue weighted by Gasteiger charge is -2.08. The van der Waals surface area contributed by atoms with E-state index >= 15 is 0 Å². The Balaban J connectivity index is 2.38. The first-order valence-corrected chi connectivity index (χ1v) is 2.94. The number of hydrogen-bond acceptors (Lipinski definition) is 4. The quantitative estimate of drug-likeness (QED) is 0.403. The molecule has 0 saturated carbocycles. The van der Waals surface area contributed by atoms with Crippen molar-refractivity contribution >= 4 is 0 Å². The molecule has 0 bridgehead atoms. The van der Waals surface area contributed by atoms with E-state index in [1.54, 1.807) is 0 Å². The largest absolute Gasteiger partial charge is 0.394 e. The van der Waals surface area contributed by atoms with Gasteiger partial charge in [-0.3, -0.25) is 0 Å². The van der Waals surface area contributed by atoms with E-state index in [4.69, 9.17) is 20.7 Å². The zero-order valence-electron chi connectivity index (χ0n) is 5.03. The van der Waals surface area contributed by atoms with Gasteiger partial charge in [-0.25, -0.2) is 0 Å². The second-order valence-electron chi connectivity index (χ2n) is 2.20. The minimum Gasteiger partial charge on any atom is -0.394 e. The standard InChI is InChI=1S/C5H11NO3/c6-5-1-3(8)4(2-7)9-5/h3-5,7-8H,1-2,6H2/t3-,4+,5?/m1/s1. The molecule has 0 aromatic heterocycles. The van der Waals surface area contributed by atoms with Gasteiger partial charge in [0.2, 0.25) is 0 Å². The van der Waals surface area contributed by atoms with Gasteiger partial charge in [0.1, 0.15) is 12.3 Å². The zero-order valence-corrected chi connectivity index (χ0v) is 5.03. The fourth-order valence-corrected chi connectivity index (χ4v) is 0.925. The Kier molecular flexibility index (Phi) is 2.02. The Labute approximate surface area is 53.2 Å². The third kappa shape index (κ3) is 1.40. The van der Waals surface area contributed by atoms with Crippen molar-refractivity contribution in [1.29, 1.82) is 0 Å². The number of aliphatic hydroxyl groups excluding tert-OH is 2. The highest BCUT2D eigenvalue weighted by atomic mass is 16.5. The summed E-state index contributed by atoms with van der Waals surface area (Å²) in [5.74, 6) is 0. The predicted octanol–water partition coefficient (Wildman–Crippen LogP) is -1.59. The van der Waals surface area contributed by atoms with Gasteiger partial charge in [-0.1, -0.05) is 0 Å². The third-order valence-electron chi connectivity index (χ3n) is 1.43. The van der Waals surface area contributed by atoms with Crippen LogP contribution in [0.25, 0.3) is 0 Å². The molecule has 54 valence electrons. The Morgan fingerprint density at radius 3 is 2.56 bits per heavy atom. The van der Waals surface area contributed by atoms with Crippen LogP contribution < -0.4 is 5.73 Å². The van der Waals surface area contributed by atoms with Crippen molar-refractivity contribution < 1.29 is 14.9 Å². The predicted molar refractivity (Wildman–Crippen MR) is 30.6 cm³/mol. The SMILES string of the molecule is NC1C[C@@H](O)[C@H](CO)O1. The third-order valence-corrected chi connectivity index (χ3v) is 1.43. The number of rotatable bonds is 1. The van der Waals surface area contributed by atoms with Crippen LogP contribution >= 0.6 is 0 Å². The normalized spacial score (nSPS) is 43.7. The van der Waals surface area contributed by atoms with E-state index in [0.717, 1.165) is 0 Å². The summed E-state index contributed by atoms with van der Waals surface area (Å²) in [5.41, 5.74) is 5.30. The van der Waals surface area contributed by atoms with Gasteiger partial charge in [0, 0.05) is 6.42 Å². The average Bonchev–Trinajstić information content (AvgIpc) is 2.10. The van der Waals surface area contributed by atoms with Gasteiger partial charge >= 0.3 is 0 Å². The molecule has 4 N–H and O–H groups in total. The van der Waals surface area contributed by atoms with Crippen LogP contribution in [-0.4, -0.2) is 35.3 Å². The van der Waals surface area contributed by atoms with Crippen molar-refractivity contribution in [3.63, 3.8) is 0 Å². The summed E-state index contributed by atoms with van der Waals surface area (Å²) in [6.07, 6.45) is -1.05. The molecule has 0 aliphatic carbocycles.